The van der Waals surface area contributed by atoms with E-state index in [2.05, 4.69) is 17.2 Å². The van der Waals surface area contributed by atoms with Crippen molar-refractivity contribution >= 4 is 17.4 Å². The van der Waals surface area contributed by atoms with E-state index in [-0.39, 0.29) is 0 Å². The number of hydrogen-bond acceptors (Lipinski definition) is 4. The maximum Gasteiger partial charge on any atom is 0.214 e. The maximum absolute atomic E-state index is 5.10. The number of hydrogen-bond donors (Lipinski definition) is 1. The third-order valence-electron chi connectivity index (χ3n) is 2.19. The second kappa shape index (κ2) is 4.09. The SMILES string of the molecule is COc1ccc2c(n1)SCC(C)CN2. The predicted octanol–water partition coefficient (Wildman–Crippen LogP) is 2.24. The summed E-state index contributed by atoms with van der Waals surface area (Å²) in [6.45, 7) is 3.26. The van der Waals surface area contributed by atoms with Crippen LogP contribution in [0.5, 0.6) is 5.88 Å². The molecule has 2 rings (SSSR count). The maximum atomic E-state index is 5.10. The fraction of sp³-hybridized carbons (Fsp3) is 0.500. The number of nitrogens with zero attached hydrogens (tertiary/aromatic N) is 1. The first-order valence-corrected chi connectivity index (χ1v) is 5.70. The molecule has 1 N–H and O–H groups in total. The Kier molecular flexibility index (Phi) is 2.82. The molecule has 0 aromatic carbocycles. The van der Waals surface area contributed by atoms with Crippen molar-refractivity contribution in [2.24, 2.45) is 5.92 Å². The molecule has 3 nitrogen and oxygen atoms in total. The minimum absolute atomic E-state index is 0.681. The summed E-state index contributed by atoms with van der Waals surface area (Å²) in [6, 6.07) is 3.93. The molecule has 1 aliphatic rings. The van der Waals surface area contributed by atoms with Gasteiger partial charge in [-0.15, -0.1) is 11.8 Å². The van der Waals surface area contributed by atoms with E-state index in [9.17, 15) is 0 Å². The molecule has 0 bridgehead atoms. The third-order valence-corrected chi connectivity index (χ3v) is 3.51. The highest BCUT2D eigenvalue weighted by atomic mass is 32.2. The molecule has 0 spiro atoms. The summed E-state index contributed by atoms with van der Waals surface area (Å²) in [5.74, 6) is 2.48. The van der Waals surface area contributed by atoms with Gasteiger partial charge in [0.25, 0.3) is 0 Å². The molecule has 76 valence electrons. The Morgan fingerprint density at radius 2 is 2.43 bits per heavy atom. The van der Waals surface area contributed by atoms with Gasteiger partial charge in [0.15, 0.2) is 0 Å². The smallest absolute Gasteiger partial charge is 0.214 e. The normalized spacial score (nSPS) is 20.6. The Hall–Kier alpha value is -0.900. The lowest BCUT2D eigenvalue weighted by atomic mass is 10.2. The van der Waals surface area contributed by atoms with Gasteiger partial charge in [0.05, 0.1) is 12.8 Å². The summed E-state index contributed by atoms with van der Waals surface area (Å²) in [7, 11) is 1.64. The van der Waals surface area contributed by atoms with Crippen LogP contribution in [0.15, 0.2) is 17.2 Å². The Balaban J connectivity index is 2.27. The molecule has 0 aliphatic carbocycles. The highest BCUT2D eigenvalue weighted by molar-refractivity contribution is 7.99. The number of pyridine rings is 1. The van der Waals surface area contributed by atoms with Crippen LogP contribution in [0.3, 0.4) is 0 Å². The zero-order chi connectivity index (χ0) is 9.97. The lowest BCUT2D eigenvalue weighted by Crippen LogP contribution is -2.10. The van der Waals surface area contributed by atoms with Crippen LogP contribution in [0, 0.1) is 5.92 Å². The molecule has 1 unspecified atom stereocenters. The zero-order valence-electron chi connectivity index (χ0n) is 8.41. The molecule has 0 saturated carbocycles. The number of aromatic nitrogens is 1. The van der Waals surface area contributed by atoms with Gasteiger partial charge in [-0.25, -0.2) is 4.98 Å². The van der Waals surface area contributed by atoms with Crippen molar-refractivity contribution in [3.63, 3.8) is 0 Å². The minimum Gasteiger partial charge on any atom is -0.481 e. The Morgan fingerprint density at radius 1 is 1.57 bits per heavy atom. The van der Waals surface area contributed by atoms with Crippen LogP contribution in [0.1, 0.15) is 6.92 Å². The van der Waals surface area contributed by atoms with E-state index in [4.69, 9.17) is 4.74 Å². The van der Waals surface area contributed by atoms with Crippen molar-refractivity contribution in [2.75, 3.05) is 24.7 Å². The number of fused-ring (bicyclic) bond motifs is 1. The third kappa shape index (κ3) is 1.95. The molecule has 4 heteroatoms. The second-order valence-corrected chi connectivity index (χ2v) is 4.51. The summed E-state index contributed by atoms with van der Waals surface area (Å²) in [5.41, 5.74) is 1.13. The zero-order valence-corrected chi connectivity index (χ0v) is 9.23. The quantitative estimate of drug-likeness (QED) is 0.771. The molecule has 1 aromatic rings. The van der Waals surface area contributed by atoms with E-state index in [1.54, 1.807) is 18.9 Å². The lowest BCUT2D eigenvalue weighted by Gasteiger charge is -2.07. The van der Waals surface area contributed by atoms with Crippen molar-refractivity contribution in [2.45, 2.75) is 11.9 Å². The summed E-state index contributed by atoms with van der Waals surface area (Å²) in [6.07, 6.45) is 0. The van der Waals surface area contributed by atoms with Gasteiger partial charge in [-0.2, -0.15) is 0 Å². The lowest BCUT2D eigenvalue weighted by molar-refractivity contribution is 0.395. The van der Waals surface area contributed by atoms with Crippen molar-refractivity contribution < 1.29 is 4.74 Å². The molecular formula is C10H14N2OS. The molecule has 0 amide bonds. The average molecular weight is 210 g/mol. The topological polar surface area (TPSA) is 34.1 Å². The number of rotatable bonds is 1. The Bertz CT molecular complexity index is 330. The Morgan fingerprint density at radius 3 is 3.21 bits per heavy atom. The van der Waals surface area contributed by atoms with Crippen LogP contribution in [0.25, 0.3) is 0 Å². The number of methoxy groups -OCH3 is 1. The molecule has 2 heterocycles. The molecule has 1 aliphatic heterocycles. The molecule has 1 atom stereocenters. The molecule has 14 heavy (non-hydrogen) atoms. The van der Waals surface area contributed by atoms with E-state index >= 15 is 0 Å². The minimum atomic E-state index is 0.681. The first-order chi connectivity index (χ1) is 6.79. The summed E-state index contributed by atoms with van der Waals surface area (Å²) >= 11 is 1.79. The summed E-state index contributed by atoms with van der Waals surface area (Å²) in [5, 5.41) is 4.44. The van der Waals surface area contributed by atoms with Gasteiger partial charge in [0, 0.05) is 18.4 Å². The van der Waals surface area contributed by atoms with Crippen LogP contribution < -0.4 is 10.1 Å². The van der Waals surface area contributed by atoms with E-state index in [0.29, 0.717) is 11.8 Å². The van der Waals surface area contributed by atoms with Crippen molar-refractivity contribution in [3.8, 4) is 5.88 Å². The first-order valence-electron chi connectivity index (χ1n) is 4.71. The van der Waals surface area contributed by atoms with E-state index in [1.807, 2.05) is 12.1 Å². The number of thioether (sulfide) groups is 1. The summed E-state index contributed by atoms with van der Waals surface area (Å²) in [4.78, 5) is 4.40. The molecule has 1 aromatic heterocycles. The van der Waals surface area contributed by atoms with Gasteiger partial charge in [-0.3, -0.25) is 0 Å². The molecule has 0 fully saturated rings. The van der Waals surface area contributed by atoms with Gasteiger partial charge in [-0.05, 0) is 12.0 Å². The van der Waals surface area contributed by atoms with Crippen LogP contribution in [-0.2, 0) is 0 Å². The molecule has 0 radical (unpaired) electrons. The van der Waals surface area contributed by atoms with Crippen molar-refractivity contribution in [1.29, 1.82) is 0 Å². The fourth-order valence-corrected chi connectivity index (χ4v) is 2.36. The number of anilines is 1. The van der Waals surface area contributed by atoms with Crippen molar-refractivity contribution in [1.82, 2.24) is 4.98 Å². The monoisotopic (exact) mass is 210 g/mol. The highest BCUT2D eigenvalue weighted by Gasteiger charge is 2.14. The average Bonchev–Trinajstić information content (AvgIpc) is 2.40. The van der Waals surface area contributed by atoms with Crippen LogP contribution in [-0.4, -0.2) is 24.4 Å². The van der Waals surface area contributed by atoms with Gasteiger partial charge in [0.1, 0.15) is 5.03 Å². The predicted molar refractivity (Wildman–Crippen MR) is 59.2 cm³/mol. The molecular weight excluding hydrogens is 196 g/mol. The Labute approximate surface area is 88.3 Å². The van der Waals surface area contributed by atoms with Gasteiger partial charge in [-0.1, -0.05) is 6.92 Å². The number of ether oxygens (including phenoxy) is 1. The van der Waals surface area contributed by atoms with E-state index in [1.165, 1.54) is 0 Å². The van der Waals surface area contributed by atoms with Gasteiger partial charge < -0.3 is 10.1 Å². The van der Waals surface area contributed by atoms with Gasteiger partial charge >= 0.3 is 0 Å². The van der Waals surface area contributed by atoms with Crippen molar-refractivity contribution in [3.05, 3.63) is 12.1 Å². The number of nitrogens with one attached hydrogen (secondary N) is 1. The second-order valence-electron chi connectivity index (χ2n) is 3.50. The molecule has 0 saturated heterocycles. The standard InChI is InChI=1S/C10H14N2OS/c1-7-5-11-8-3-4-9(13-2)12-10(8)14-6-7/h3-4,7,11H,5-6H2,1-2H3. The summed E-state index contributed by atoms with van der Waals surface area (Å²) < 4.78 is 5.10. The van der Waals surface area contributed by atoms with Gasteiger partial charge in [0.2, 0.25) is 5.88 Å². The fourth-order valence-electron chi connectivity index (χ4n) is 1.35. The first kappa shape index (κ1) is 9.65. The van der Waals surface area contributed by atoms with E-state index in [0.717, 1.165) is 23.0 Å². The highest BCUT2D eigenvalue weighted by Crippen LogP contribution is 2.31. The van der Waals surface area contributed by atoms with E-state index < -0.39 is 0 Å². The largest absolute Gasteiger partial charge is 0.481 e. The van der Waals surface area contributed by atoms with Crippen LogP contribution in [0.2, 0.25) is 0 Å². The van der Waals surface area contributed by atoms with Crippen LogP contribution in [0.4, 0.5) is 5.69 Å². The van der Waals surface area contributed by atoms with Crippen LogP contribution >= 0.6 is 11.8 Å².